The molecule has 1 aromatic heterocycles. The van der Waals surface area contributed by atoms with Gasteiger partial charge in [0, 0.05) is 33.3 Å². The van der Waals surface area contributed by atoms with Crippen LogP contribution >= 0.6 is 23.1 Å². The zero-order chi connectivity index (χ0) is 17.4. The molecule has 0 spiro atoms. The van der Waals surface area contributed by atoms with Crippen LogP contribution in [0, 0.1) is 6.92 Å². The Bertz CT molecular complexity index is 945. The summed E-state index contributed by atoms with van der Waals surface area (Å²) in [5, 5.41) is 0. The molecule has 0 saturated carbocycles. The SMILES string of the molecule is CCN(C(=O)c1cc2c(s1)-c1ccccc1SC2)c1ccccc1C. The molecule has 0 radical (unpaired) electrons. The molecule has 2 aromatic carbocycles. The summed E-state index contributed by atoms with van der Waals surface area (Å²) >= 11 is 3.48. The number of thiophene rings is 1. The van der Waals surface area contributed by atoms with Gasteiger partial charge in [0.1, 0.15) is 0 Å². The zero-order valence-corrected chi connectivity index (χ0v) is 15.9. The van der Waals surface area contributed by atoms with Crippen LogP contribution in [-0.2, 0) is 5.75 Å². The maximum absolute atomic E-state index is 13.2. The Morgan fingerprint density at radius 2 is 1.88 bits per heavy atom. The smallest absolute Gasteiger partial charge is 0.268 e. The van der Waals surface area contributed by atoms with Crippen molar-refractivity contribution in [3.63, 3.8) is 0 Å². The summed E-state index contributed by atoms with van der Waals surface area (Å²) in [5.74, 6) is 1.03. The molecule has 4 heteroatoms. The Hall–Kier alpha value is -2.04. The van der Waals surface area contributed by atoms with E-state index in [2.05, 4.69) is 43.3 Å². The van der Waals surface area contributed by atoms with Crippen LogP contribution in [0.3, 0.4) is 0 Å². The van der Waals surface area contributed by atoms with Crippen LogP contribution in [0.15, 0.2) is 59.5 Å². The largest absolute Gasteiger partial charge is 0.308 e. The Morgan fingerprint density at radius 3 is 2.68 bits per heavy atom. The summed E-state index contributed by atoms with van der Waals surface area (Å²) in [7, 11) is 0. The second-order valence-electron chi connectivity index (χ2n) is 6.09. The summed E-state index contributed by atoms with van der Waals surface area (Å²) in [6.07, 6.45) is 0. The Balaban J connectivity index is 1.73. The molecule has 0 unspecified atom stereocenters. The average molecular weight is 366 g/mol. The van der Waals surface area contributed by atoms with E-state index in [1.807, 2.05) is 41.8 Å². The number of anilines is 1. The van der Waals surface area contributed by atoms with Crippen LogP contribution in [-0.4, -0.2) is 12.5 Å². The number of benzene rings is 2. The van der Waals surface area contributed by atoms with E-state index in [1.54, 1.807) is 11.3 Å². The van der Waals surface area contributed by atoms with Crippen molar-refractivity contribution < 1.29 is 4.79 Å². The van der Waals surface area contributed by atoms with Gasteiger partial charge in [-0.3, -0.25) is 4.79 Å². The van der Waals surface area contributed by atoms with Gasteiger partial charge in [-0.15, -0.1) is 23.1 Å². The predicted molar refractivity (Wildman–Crippen MR) is 108 cm³/mol. The summed E-state index contributed by atoms with van der Waals surface area (Å²) in [6, 6.07) is 18.6. The van der Waals surface area contributed by atoms with Crippen LogP contribution in [0.25, 0.3) is 10.4 Å². The molecule has 2 nitrogen and oxygen atoms in total. The minimum atomic E-state index is 0.0960. The molecule has 25 heavy (non-hydrogen) atoms. The van der Waals surface area contributed by atoms with Gasteiger partial charge in [-0.05, 0) is 43.2 Å². The molecule has 1 aliphatic rings. The van der Waals surface area contributed by atoms with E-state index in [4.69, 9.17) is 0 Å². The standard InChI is InChI=1S/C21H19NOS2/c1-3-22(17-10-6-4-8-14(17)2)21(23)19-12-15-13-24-18-11-7-5-9-16(18)20(15)25-19/h4-12H,3,13H2,1-2H3. The van der Waals surface area contributed by atoms with Gasteiger partial charge in [0.2, 0.25) is 0 Å². The van der Waals surface area contributed by atoms with E-state index in [0.29, 0.717) is 6.54 Å². The number of hydrogen-bond acceptors (Lipinski definition) is 3. The second kappa shape index (κ2) is 6.70. The van der Waals surface area contributed by atoms with Gasteiger partial charge >= 0.3 is 0 Å². The second-order valence-corrected chi connectivity index (χ2v) is 8.16. The predicted octanol–water partition coefficient (Wildman–Crippen LogP) is 6.00. The Kier molecular flexibility index (Phi) is 4.40. The first-order valence-corrected chi connectivity index (χ1v) is 10.2. The van der Waals surface area contributed by atoms with E-state index >= 15 is 0 Å². The number of carbonyl (C=O) groups is 1. The van der Waals surface area contributed by atoms with Crippen molar-refractivity contribution in [2.75, 3.05) is 11.4 Å². The van der Waals surface area contributed by atoms with Gasteiger partial charge in [0.15, 0.2) is 0 Å². The highest BCUT2D eigenvalue weighted by molar-refractivity contribution is 7.98. The first-order chi connectivity index (χ1) is 12.2. The molecule has 2 heterocycles. The molecule has 0 aliphatic carbocycles. The fourth-order valence-electron chi connectivity index (χ4n) is 3.23. The van der Waals surface area contributed by atoms with Crippen LogP contribution in [0.2, 0.25) is 0 Å². The number of nitrogens with zero attached hydrogens (tertiary/aromatic N) is 1. The molecule has 0 saturated heterocycles. The van der Waals surface area contributed by atoms with Crippen molar-refractivity contribution in [1.82, 2.24) is 0 Å². The van der Waals surface area contributed by atoms with Crippen molar-refractivity contribution in [2.24, 2.45) is 0 Å². The van der Waals surface area contributed by atoms with E-state index in [0.717, 1.165) is 21.9 Å². The molecule has 0 N–H and O–H groups in total. The minimum Gasteiger partial charge on any atom is -0.308 e. The average Bonchev–Trinajstić information content (AvgIpc) is 3.08. The third-order valence-electron chi connectivity index (χ3n) is 4.50. The quantitative estimate of drug-likeness (QED) is 0.568. The highest BCUT2D eigenvalue weighted by atomic mass is 32.2. The van der Waals surface area contributed by atoms with Gasteiger partial charge in [-0.25, -0.2) is 0 Å². The van der Waals surface area contributed by atoms with Gasteiger partial charge in [-0.2, -0.15) is 0 Å². The zero-order valence-electron chi connectivity index (χ0n) is 14.3. The molecule has 0 atom stereocenters. The topological polar surface area (TPSA) is 20.3 Å². The van der Waals surface area contributed by atoms with E-state index in [9.17, 15) is 4.79 Å². The monoisotopic (exact) mass is 365 g/mol. The van der Waals surface area contributed by atoms with Gasteiger partial charge in [-0.1, -0.05) is 36.4 Å². The van der Waals surface area contributed by atoms with Crippen molar-refractivity contribution >= 4 is 34.7 Å². The lowest BCUT2D eigenvalue weighted by Crippen LogP contribution is -2.30. The molecule has 4 rings (SSSR count). The fourth-order valence-corrected chi connectivity index (χ4v) is 5.59. The van der Waals surface area contributed by atoms with Gasteiger partial charge in [0.05, 0.1) is 4.88 Å². The van der Waals surface area contributed by atoms with Crippen LogP contribution < -0.4 is 4.90 Å². The minimum absolute atomic E-state index is 0.0960. The normalized spacial score (nSPS) is 12.4. The van der Waals surface area contributed by atoms with Gasteiger partial charge < -0.3 is 4.90 Å². The summed E-state index contributed by atoms with van der Waals surface area (Å²) in [5.41, 5.74) is 4.66. The van der Waals surface area contributed by atoms with E-state index in [1.165, 1.54) is 20.9 Å². The summed E-state index contributed by atoms with van der Waals surface area (Å²) in [4.78, 5) is 18.5. The maximum Gasteiger partial charge on any atom is 0.268 e. The molecule has 0 fully saturated rings. The van der Waals surface area contributed by atoms with Crippen LogP contribution in [0.5, 0.6) is 0 Å². The molecule has 3 aromatic rings. The third kappa shape index (κ3) is 2.90. The highest BCUT2D eigenvalue weighted by Gasteiger charge is 2.25. The fraction of sp³-hybridized carbons (Fsp3) is 0.190. The van der Waals surface area contributed by atoms with E-state index < -0.39 is 0 Å². The summed E-state index contributed by atoms with van der Waals surface area (Å²) in [6.45, 7) is 4.75. The highest BCUT2D eigenvalue weighted by Crippen LogP contribution is 2.45. The van der Waals surface area contributed by atoms with Gasteiger partial charge in [0.25, 0.3) is 5.91 Å². The maximum atomic E-state index is 13.2. The lowest BCUT2D eigenvalue weighted by molar-refractivity contribution is 0.0992. The molecule has 126 valence electrons. The number of aryl methyl sites for hydroxylation is 1. The van der Waals surface area contributed by atoms with E-state index in [-0.39, 0.29) is 5.91 Å². The third-order valence-corrected chi connectivity index (χ3v) is 6.82. The van der Waals surface area contributed by atoms with Crippen LogP contribution in [0.1, 0.15) is 27.7 Å². The first-order valence-electron chi connectivity index (χ1n) is 8.41. The molecular formula is C21H19NOS2. The number of hydrogen-bond donors (Lipinski definition) is 0. The number of rotatable bonds is 3. The molecular weight excluding hydrogens is 346 g/mol. The lowest BCUT2D eigenvalue weighted by Gasteiger charge is -2.22. The number of amides is 1. The number of para-hydroxylation sites is 1. The Labute approximate surface area is 156 Å². The van der Waals surface area contributed by atoms with Crippen molar-refractivity contribution in [3.05, 3.63) is 70.6 Å². The lowest BCUT2D eigenvalue weighted by atomic mass is 10.1. The molecule has 1 aliphatic heterocycles. The van der Waals surface area contributed by atoms with Crippen molar-refractivity contribution in [1.29, 1.82) is 0 Å². The van der Waals surface area contributed by atoms with Crippen molar-refractivity contribution in [2.45, 2.75) is 24.5 Å². The van der Waals surface area contributed by atoms with Crippen LogP contribution in [0.4, 0.5) is 5.69 Å². The number of fused-ring (bicyclic) bond motifs is 3. The first kappa shape index (κ1) is 16.4. The number of thioether (sulfide) groups is 1. The summed E-state index contributed by atoms with van der Waals surface area (Å²) < 4.78 is 0. The molecule has 1 amide bonds. The number of carbonyl (C=O) groups excluding carboxylic acids is 1. The van der Waals surface area contributed by atoms with Crippen molar-refractivity contribution in [3.8, 4) is 10.4 Å². The molecule has 0 bridgehead atoms. The Morgan fingerprint density at radius 1 is 1.12 bits per heavy atom.